The van der Waals surface area contributed by atoms with Crippen LogP contribution >= 0.6 is 11.6 Å². The van der Waals surface area contributed by atoms with Crippen LogP contribution in [0.2, 0.25) is 10.1 Å². The number of hydrogen-bond acceptors (Lipinski definition) is 6. The molecule has 4 N–H and O–H groups in total. The molecule has 1 fully saturated rings. The van der Waals surface area contributed by atoms with E-state index in [1.165, 1.54) is 0 Å². The Morgan fingerprint density at radius 3 is 1.92 bits per heavy atom. The van der Waals surface area contributed by atoms with E-state index in [-0.39, 0.29) is 11.6 Å². The summed E-state index contributed by atoms with van der Waals surface area (Å²) in [5, 5.41) is 43.2. The van der Waals surface area contributed by atoms with Crippen molar-refractivity contribution >= 4 is 30.3 Å². The van der Waals surface area contributed by atoms with Gasteiger partial charge in [0.1, 0.15) is 30.5 Å². The molecule has 0 saturated carbocycles. The van der Waals surface area contributed by atoms with Gasteiger partial charge in [0, 0.05) is 5.02 Å². The van der Waals surface area contributed by atoms with Crippen LogP contribution in [0.1, 0.15) is 38.0 Å². The molecule has 37 heavy (non-hydrogen) atoms. The molecule has 1 aliphatic rings. The molecule has 0 radical (unpaired) electrons. The summed E-state index contributed by atoms with van der Waals surface area (Å²) in [6.07, 6.45) is -6.18. The number of aliphatic hydroxyl groups is 4. The first-order valence-electron chi connectivity index (χ1n) is 12.4. The molecule has 0 bridgehead atoms. The van der Waals surface area contributed by atoms with Crippen molar-refractivity contribution < 1.29 is 29.6 Å². The summed E-state index contributed by atoms with van der Waals surface area (Å²) in [4.78, 5) is 0. The van der Waals surface area contributed by atoms with Crippen molar-refractivity contribution in [2.24, 2.45) is 0 Å². The highest BCUT2D eigenvalue weighted by molar-refractivity contribution is 6.99. The van der Waals surface area contributed by atoms with Crippen LogP contribution in [0.3, 0.4) is 0 Å². The fourth-order valence-corrected chi connectivity index (χ4v) is 9.91. The summed E-state index contributed by atoms with van der Waals surface area (Å²) in [7, 11) is -2.81. The van der Waals surface area contributed by atoms with Gasteiger partial charge in [-0.25, -0.2) is 0 Å². The molecule has 8 heteroatoms. The van der Waals surface area contributed by atoms with E-state index in [0.717, 1.165) is 10.4 Å². The van der Waals surface area contributed by atoms with Crippen molar-refractivity contribution in [3.8, 4) is 0 Å². The molecule has 6 nitrogen and oxygen atoms in total. The van der Waals surface area contributed by atoms with Gasteiger partial charge in [-0.2, -0.15) is 0 Å². The third kappa shape index (κ3) is 5.41. The number of ether oxygens (including phenoxy) is 1. The zero-order valence-electron chi connectivity index (χ0n) is 21.3. The van der Waals surface area contributed by atoms with Gasteiger partial charge in [0.2, 0.25) is 0 Å². The highest BCUT2D eigenvalue weighted by Crippen LogP contribution is 2.39. The van der Waals surface area contributed by atoms with Crippen LogP contribution in [0.25, 0.3) is 0 Å². The van der Waals surface area contributed by atoms with E-state index < -0.39 is 45.4 Å². The second-order valence-electron chi connectivity index (χ2n) is 10.6. The summed E-state index contributed by atoms with van der Waals surface area (Å²) in [6.45, 7) is 6.33. The van der Waals surface area contributed by atoms with E-state index in [0.29, 0.717) is 16.1 Å². The van der Waals surface area contributed by atoms with Gasteiger partial charge in [0.15, 0.2) is 0 Å². The maximum absolute atomic E-state index is 10.6. The second kappa shape index (κ2) is 11.4. The van der Waals surface area contributed by atoms with Crippen LogP contribution in [0, 0.1) is 0 Å². The van der Waals surface area contributed by atoms with E-state index >= 15 is 0 Å². The first kappa shape index (κ1) is 27.9. The minimum atomic E-state index is -2.81. The minimum absolute atomic E-state index is 0.211. The van der Waals surface area contributed by atoms with Crippen molar-refractivity contribution in [2.45, 2.75) is 62.9 Å². The largest absolute Gasteiger partial charge is 0.403 e. The predicted octanol–water partition coefficient (Wildman–Crippen LogP) is 2.93. The second-order valence-corrected chi connectivity index (χ2v) is 15.3. The lowest BCUT2D eigenvalue weighted by molar-refractivity contribution is -0.231. The first-order valence-corrected chi connectivity index (χ1v) is 14.7. The number of benzene rings is 3. The van der Waals surface area contributed by atoms with Crippen molar-refractivity contribution in [1.82, 2.24) is 0 Å². The van der Waals surface area contributed by atoms with Crippen LogP contribution in [0.4, 0.5) is 0 Å². The van der Waals surface area contributed by atoms with Crippen molar-refractivity contribution in [3.63, 3.8) is 0 Å². The van der Waals surface area contributed by atoms with Crippen LogP contribution in [-0.2, 0) is 15.8 Å². The standard InChI is InChI=1S/C29H35ClO6Si/c1-29(2,3)37(21-10-6-4-7-11-21,22-12-8-5-9-13-22)35-18-20-16-19(14-15-23(20)30)28-27(34)26(33)25(32)24(17-31)36-28/h4-16,24-28,31-34H,17-18H2,1-3H3/t24-,25-,26+,27-,28+/m1/s1. The fraction of sp³-hybridized carbons (Fsp3) is 0.379. The van der Waals surface area contributed by atoms with Gasteiger partial charge in [-0.05, 0) is 38.7 Å². The number of rotatable bonds is 7. The Balaban J connectivity index is 1.72. The topological polar surface area (TPSA) is 99.4 Å². The molecule has 1 saturated heterocycles. The molecule has 0 aromatic heterocycles. The van der Waals surface area contributed by atoms with Gasteiger partial charge < -0.3 is 29.6 Å². The maximum Gasteiger partial charge on any atom is 0.261 e. The first-order chi connectivity index (χ1) is 17.6. The average molecular weight is 543 g/mol. The number of hydrogen-bond donors (Lipinski definition) is 4. The zero-order valence-corrected chi connectivity index (χ0v) is 23.0. The third-order valence-electron chi connectivity index (χ3n) is 7.15. The molecular formula is C29H35ClO6Si. The summed E-state index contributed by atoms with van der Waals surface area (Å²) >= 11 is 6.62. The molecule has 5 atom stereocenters. The van der Waals surface area contributed by atoms with E-state index in [1.54, 1.807) is 18.2 Å². The quantitative estimate of drug-likeness (QED) is 0.343. The Kier molecular flexibility index (Phi) is 8.57. The Hall–Kier alpha value is -2.07. The zero-order chi connectivity index (χ0) is 26.8. The van der Waals surface area contributed by atoms with Crippen molar-refractivity contribution in [2.75, 3.05) is 6.61 Å². The van der Waals surface area contributed by atoms with E-state index in [1.807, 2.05) is 36.4 Å². The van der Waals surface area contributed by atoms with Gasteiger partial charge in [-0.3, -0.25) is 0 Å². The molecule has 198 valence electrons. The Morgan fingerprint density at radius 1 is 0.838 bits per heavy atom. The molecule has 0 aliphatic carbocycles. The van der Waals surface area contributed by atoms with Gasteiger partial charge in [0.25, 0.3) is 8.32 Å². The van der Waals surface area contributed by atoms with E-state index in [2.05, 4.69) is 45.0 Å². The monoisotopic (exact) mass is 542 g/mol. The molecule has 1 heterocycles. The van der Waals surface area contributed by atoms with Crippen LogP contribution in [-0.4, -0.2) is 59.8 Å². The van der Waals surface area contributed by atoms with Crippen LogP contribution in [0.15, 0.2) is 78.9 Å². The Bertz CT molecular complexity index is 1130. The minimum Gasteiger partial charge on any atom is -0.403 e. The fourth-order valence-electron chi connectivity index (χ4n) is 5.21. The molecule has 0 unspecified atom stereocenters. The van der Waals surface area contributed by atoms with E-state index in [4.69, 9.17) is 20.8 Å². The highest BCUT2D eigenvalue weighted by Gasteiger charge is 2.50. The lowest BCUT2D eigenvalue weighted by atomic mass is 9.91. The molecule has 3 aromatic rings. The molecular weight excluding hydrogens is 508 g/mol. The molecule has 0 amide bonds. The molecule has 0 spiro atoms. The Labute approximate surface area is 224 Å². The van der Waals surface area contributed by atoms with Gasteiger partial charge in [-0.15, -0.1) is 0 Å². The number of aliphatic hydroxyl groups excluding tert-OH is 4. The lowest BCUT2D eigenvalue weighted by Gasteiger charge is -2.43. The summed E-state index contributed by atoms with van der Waals surface area (Å²) in [6, 6.07) is 25.8. The third-order valence-corrected chi connectivity index (χ3v) is 12.5. The Morgan fingerprint density at radius 2 is 1.41 bits per heavy atom. The predicted molar refractivity (Wildman–Crippen MR) is 147 cm³/mol. The summed E-state index contributed by atoms with van der Waals surface area (Å²) in [5.41, 5.74) is 1.28. The van der Waals surface area contributed by atoms with Gasteiger partial charge >= 0.3 is 0 Å². The summed E-state index contributed by atoms with van der Waals surface area (Å²) in [5.74, 6) is 0. The summed E-state index contributed by atoms with van der Waals surface area (Å²) < 4.78 is 12.8. The normalized spacial score (nSPS) is 24.7. The van der Waals surface area contributed by atoms with Crippen LogP contribution in [0.5, 0.6) is 0 Å². The number of halogens is 1. The van der Waals surface area contributed by atoms with Gasteiger partial charge in [0.05, 0.1) is 13.2 Å². The molecule has 1 aliphatic heterocycles. The van der Waals surface area contributed by atoms with Crippen LogP contribution < -0.4 is 10.4 Å². The molecule has 4 rings (SSSR count). The lowest BCUT2D eigenvalue weighted by Crippen LogP contribution is -2.66. The molecule has 3 aromatic carbocycles. The van der Waals surface area contributed by atoms with Gasteiger partial charge in [-0.1, -0.05) is 99.1 Å². The van der Waals surface area contributed by atoms with Crippen molar-refractivity contribution in [3.05, 3.63) is 95.0 Å². The van der Waals surface area contributed by atoms with E-state index in [9.17, 15) is 20.4 Å². The SMILES string of the molecule is CC(C)(C)[Si](OCc1cc([C@@H]2O[C@H](CO)[C@@H](O)[C@H](O)[C@H]2O)ccc1Cl)(c1ccccc1)c1ccccc1. The highest BCUT2D eigenvalue weighted by atomic mass is 35.5. The van der Waals surface area contributed by atoms with Crippen molar-refractivity contribution in [1.29, 1.82) is 0 Å². The maximum atomic E-state index is 10.6. The average Bonchev–Trinajstić information content (AvgIpc) is 2.89. The smallest absolute Gasteiger partial charge is 0.261 e.